The number of carbonyl (C=O) groups is 4. The summed E-state index contributed by atoms with van der Waals surface area (Å²) in [6.07, 6.45) is 6.76. The van der Waals surface area contributed by atoms with Gasteiger partial charge >= 0.3 is 0 Å². The quantitative estimate of drug-likeness (QED) is 0.0713. The molecule has 356 valence electrons. The second kappa shape index (κ2) is 23.7. The molecule has 7 N–H and O–H groups in total. The van der Waals surface area contributed by atoms with Crippen molar-refractivity contribution in [2.45, 2.75) is 38.5 Å². The average molecular weight is 929 g/mol. The van der Waals surface area contributed by atoms with E-state index >= 15 is 0 Å². The van der Waals surface area contributed by atoms with Gasteiger partial charge in [-0.1, -0.05) is 72.8 Å². The van der Waals surface area contributed by atoms with Crippen molar-refractivity contribution in [2.24, 2.45) is 5.73 Å². The number of amides is 4. The van der Waals surface area contributed by atoms with Crippen molar-refractivity contribution in [3.05, 3.63) is 173 Å². The summed E-state index contributed by atoms with van der Waals surface area (Å²) in [6, 6.07) is 40.2. The molecular formula is C56H61FN8O4. The van der Waals surface area contributed by atoms with Crippen LogP contribution < -0.4 is 32.3 Å². The summed E-state index contributed by atoms with van der Waals surface area (Å²) in [5.41, 5.74) is 15.3. The van der Waals surface area contributed by atoms with Crippen LogP contribution in [0, 0.1) is 5.82 Å². The average Bonchev–Trinajstić information content (AvgIpc) is 4.11. The lowest BCUT2D eigenvalue weighted by molar-refractivity contribution is 0.0937. The minimum Gasteiger partial charge on any atom is -0.384 e. The Balaban J connectivity index is 0.000000163. The first-order chi connectivity index (χ1) is 33.7. The highest BCUT2D eigenvalue weighted by atomic mass is 19.1. The lowest BCUT2D eigenvalue weighted by Gasteiger charge is -2.23. The summed E-state index contributed by atoms with van der Waals surface area (Å²) in [5, 5.41) is 14.9. The van der Waals surface area contributed by atoms with Crippen LogP contribution in [-0.4, -0.2) is 98.9 Å². The predicted molar refractivity (Wildman–Crippen MR) is 273 cm³/mol. The molecule has 2 saturated heterocycles. The van der Waals surface area contributed by atoms with Crippen molar-refractivity contribution >= 4 is 40.7 Å². The summed E-state index contributed by atoms with van der Waals surface area (Å²) in [6.45, 7) is 9.92. The van der Waals surface area contributed by atoms with E-state index < -0.39 is 5.82 Å². The van der Waals surface area contributed by atoms with E-state index in [0.717, 1.165) is 71.7 Å². The van der Waals surface area contributed by atoms with Gasteiger partial charge in [0, 0.05) is 56.1 Å². The van der Waals surface area contributed by atoms with Crippen molar-refractivity contribution in [1.82, 2.24) is 20.4 Å². The Labute approximate surface area is 403 Å². The minimum atomic E-state index is -0.407. The molecule has 0 atom stereocenters. The van der Waals surface area contributed by atoms with Gasteiger partial charge in [-0.05, 0) is 159 Å². The van der Waals surface area contributed by atoms with Gasteiger partial charge in [-0.15, -0.1) is 0 Å². The van der Waals surface area contributed by atoms with Crippen LogP contribution in [0.1, 0.15) is 78.2 Å². The molecule has 4 aliphatic rings. The van der Waals surface area contributed by atoms with Gasteiger partial charge in [0.2, 0.25) is 0 Å². The molecule has 13 heteroatoms. The van der Waals surface area contributed by atoms with E-state index in [2.05, 4.69) is 36.4 Å². The summed E-state index contributed by atoms with van der Waals surface area (Å²) in [5.74, 6) is -1.37. The first-order valence-corrected chi connectivity index (χ1v) is 24.1. The van der Waals surface area contributed by atoms with Crippen molar-refractivity contribution < 1.29 is 23.6 Å². The first-order valence-electron chi connectivity index (χ1n) is 24.1. The number of halogens is 1. The van der Waals surface area contributed by atoms with Crippen LogP contribution in [0.2, 0.25) is 0 Å². The van der Waals surface area contributed by atoms with Crippen molar-refractivity contribution in [2.75, 3.05) is 81.4 Å². The highest BCUT2D eigenvalue weighted by Crippen LogP contribution is 2.35. The molecule has 0 unspecified atom stereocenters. The monoisotopic (exact) mass is 928 g/mol. The highest BCUT2D eigenvalue weighted by molar-refractivity contribution is 6.12. The third-order valence-corrected chi connectivity index (χ3v) is 12.9. The maximum atomic E-state index is 13.1. The molecule has 4 heterocycles. The molecule has 0 radical (unpaired) electrons. The molecular weight excluding hydrogens is 868 g/mol. The smallest absolute Gasteiger partial charge is 0.255 e. The Morgan fingerprint density at radius 3 is 1.43 bits per heavy atom. The fourth-order valence-corrected chi connectivity index (χ4v) is 9.38. The van der Waals surface area contributed by atoms with E-state index in [1.165, 1.54) is 76.1 Å². The van der Waals surface area contributed by atoms with Crippen LogP contribution >= 0.6 is 0 Å². The zero-order valence-electron chi connectivity index (χ0n) is 39.0. The number of nitrogens with two attached hydrogens (primary N) is 1. The normalized spacial score (nSPS) is 15.2. The van der Waals surface area contributed by atoms with E-state index in [-0.39, 0.29) is 23.6 Å². The number of fused-ring (bicyclic) bond motifs is 2. The van der Waals surface area contributed by atoms with E-state index in [0.29, 0.717) is 53.1 Å². The lowest BCUT2D eigenvalue weighted by Crippen LogP contribution is -2.33. The molecule has 0 aliphatic carbocycles. The second-order valence-corrected chi connectivity index (χ2v) is 17.6. The van der Waals surface area contributed by atoms with Crippen LogP contribution in [0.5, 0.6) is 0 Å². The van der Waals surface area contributed by atoms with Crippen LogP contribution in [0.3, 0.4) is 0 Å². The minimum absolute atomic E-state index is 0.146. The molecule has 12 nitrogen and oxygen atoms in total. The van der Waals surface area contributed by atoms with Gasteiger partial charge in [0.15, 0.2) is 0 Å². The molecule has 2 fully saturated rings. The zero-order valence-corrected chi connectivity index (χ0v) is 39.0. The van der Waals surface area contributed by atoms with Gasteiger partial charge < -0.3 is 42.1 Å². The van der Waals surface area contributed by atoms with E-state index in [4.69, 9.17) is 5.73 Å². The lowest BCUT2D eigenvalue weighted by atomic mass is 9.89. The van der Waals surface area contributed by atoms with E-state index in [9.17, 15) is 23.6 Å². The number of carbonyl (C=O) groups excluding carboxylic acids is 4. The van der Waals surface area contributed by atoms with Crippen molar-refractivity contribution in [1.29, 1.82) is 0 Å². The Hall–Kier alpha value is -7.19. The Bertz CT molecular complexity index is 2700. The fraction of sp³-hybridized carbons (Fsp3) is 0.286. The maximum absolute atomic E-state index is 13.1. The van der Waals surface area contributed by atoms with Crippen LogP contribution in [-0.2, 0) is 12.8 Å². The molecule has 0 spiro atoms. The van der Waals surface area contributed by atoms with E-state index in [1.807, 2.05) is 103 Å². The molecule has 6 aromatic carbocycles. The largest absolute Gasteiger partial charge is 0.384 e. The first kappa shape index (κ1) is 48.3. The number of nitrogens with zero attached hydrogens (tertiary/aromatic N) is 2. The van der Waals surface area contributed by atoms with Gasteiger partial charge in [0.05, 0.1) is 22.5 Å². The third kappa shape index (κ3) is 12.5. The zero-order chi connectivity index (χ0) is 48.0. The third-order valence-electron chi connectivity index (χ3n) is 12.9. The maximum Gasteiger partial charge on any atom is 0.255 e. The molecule has 4 amide bonds. The standard InChI is InChI=1S/C28H30N4O2.C22H17FN2O2.C6H14N2/c33-27(21-8-10-22(11-9-21)29-16-19-32-17-4-5-18-32)31-25-13-12-23(20-6-2-1-3-7-20)24-14-15-30-28(34)26(24)25;23-16-8-6-15(7-9-16)21(26)25-19-11-10-17(14-4-2-1-3-5-14)18-12-13-24-22(27)20(18)19;7-3-6-8-4-1-2-5-8/h1-3,6-13,29H,4-5,14-19H2,(H,30,34)(H,31,33);1-11H,12-13H2,(H,24,27)(H,25,26);1-7H2. The topological polar surface area (TPSA) is 161 Å². The molecule has 0 saturated carbocycles. The molecule has 0 bridgehead atoms. The van der Waals surface area contributed by atoms with Crippen LogP contribution in [0.4, 0.5) is 21.5 Å². The SMILES string of the molecule is NCCN1CCCC1.O=C(Nc1ccc(-c2ccccc2)c2c1C(=O)NCC2)c1ccc(F)cc1.O=C(Nc1ccc(-c2ccccc2)c2c1C(=O)NCC2)c1ccc(NCCN2CCCC2)cc1. The van der Waals surface area contributed by atoms with Crippen molar-refractivity contribution in [3.8, 4) is 22.3 Å². The van der Waals surface area contributed by atoms with E-state index in [1.54, 1.807) is 6.07 Å². The van der Waals surface area contributed by atoms with Crippen LogP contribution in [0.15, 0.2) is 133 Å². The summed E-state index contributed by atoms with van der Waals surface area (Å²) >= 11 is 0. The summed E-state index contributed by atoms with van der Waals surface area (Å²) in [7, 11) is 0. The number of nitrogens with one attached hydrogen (secondary N) is 5. The molecule has 4 aliphatic heterocycles. The van der Waals surface area contributed by atoms with Crippen molar-refractivity contribution in [3.63, 3.8) is 0 Å². The van der Waals surface area contributed by atoms with Gasteiger partial charge in [-0.25, -0.2) is 4.39 Å². The predicted octanol–water partition coefficient (Wildman–Crippen LogP) is 8.47. The molecule has 6 aromatic rings. The molecule has 69 heavy (non-hydrogen) atoms. The van der Waals surface area contributed by atoms with Gasteiger partial charge in [-0.2, -0.15) is 0 Å². The highest BCUT2D eigenvalue weighted by Gasteiger charge is 2.27. The number of likely N-dealkylation sites (tertiary alicyclic amines) is 2. The second-order valence-electron chi connectivity index (χ2n) is 17.6. The Morgan fingerprint density at radius 1 is 0.551 bits per heavy atom. The van der Waals surface area contributed by atoms with Gasteiger partial charge in [0.1, 0.15) is 5.82 Å². The van der Waals surface area contributed by atoms with Gasteiger partial charge in [-0.3, -0.25) is 19.2 Å². The molecule has 0 aromatic heterocycles. The Morgan fingerprint density at radius 2 is 0.986 bits per heavy atom. The van der Waals surface area contributed by atoms with Crippen LogP contribution in [0.25, 0.3) is 22.3 Å². The summed E-state index contributed by atoms with van der Waals surface area (Å²) in [4.78, 5) is 55.7. The number of anilines is 3. The number of hydrogen-bond donors (Lipinski definition) is 6. The Kier molecular flexibility index (Phi) is 16.6. The van der Waals surface area contributed by atoms with Gasteiger partial charge in [0.25, 0.3) is 23.6 Å². The molecule has 10 rings (SSSR count). The number of hydrogen-bond acceptors (Lipinski definition) is 8. The fourth-order valence-electron chi connectivity index (χ4n) is 9.38. The number of benzene rings is 6. The summed E-state index contributed by atoms with van der Waals surface area (Å²) < 4.78 is 13.1. The number of rotatable bonds is 12.